The number of rotatable bonds is 6. The third-order valence-corrected chi connectivity index (χ3v) is 10.2. The molecule has 0 amide bonds. The number of nitrogens with zero attached hydrogens (tertiary/aromatic N) is 9. The minimum Gasteiger partial charge on any atom is -0.657 e. The van der Waals surface area contributed by atoms with Crippen LogP contribution in [0.4, 0.5) is 47.8 Å². The Kier molecular flexibility index (Phi) is 9.49. The Morgan fingerprint density at radius 2 is 1.15 bits per heavy atom. The van der Waals surface area contributed by atoms with E-state index in [4.69, 9.17) is 8.22 Å². The molecule has 7 aromatic rings. The first-order chi connectivity index (χ1) is 30.1. The van der Waals surface area contributed by atoms with Crippen molar-refractivity contribution in [1.29, 1.82) is 0 Å². The molecule has 3 aromatic heterocycles. The molecule has 0 radical (unpaired) electrons. The molecule has 9 nitrogen and oxygen atoms in total. The molecule has 0 atom stereocenters. The topological polar surface area (TPSA) is 78.6 Å². The molecule has 13 heteroatoms. The van der Waals surface area contributed by atoms with Gasteiger partial charge in [0.05, 0.1) is 5.56 Å². The number of para-hydroxylation sites is 1. The summed E-state index contributed by atoms with van der Waals surface area (Å²) in [7, 11) is 0. The SMILES string of the molecule is FC(F)(F)c1ccc2[n-]c3ccccc3c2c1.[2H]C([2H])([2H])N1[CH-]N(c2[c-]c(N3[CH-]N(C([2H])([2H])[2H])c4nccnc43)cc(-c3c(C(C)C)cc(C(C)C)cc3C(C)C)c2)c2nccnc21.[Pt+4]. The average Bonchev–Trinajstić information content (AvgIpc) is 3.95. The third-order valence-electron chi connectivity index (χ3n) is 10.2. The maximum Gasteiger partial charge on any atom is 4.00 e. The summed E-state index contributed by atoms with van der Waals surface area (Å²) < 4.78 is 86.8. The Labute approximate surface area is 366 Å². The zero-order valence-electron chi connectivity index (χ0n) is 39.0. The van der Waals surface area contributed by atoms with Crippen molar-refractivity contribution in [1.82, 2.24) is 24.9 Å². The molecule has 0 spiro atoms. The molecule has 0 saturated heterocycles. The van der Waals surface area contributed by atoms with Crippen molar-refractivity contribution >= 4 is 56.5 Å². The van der Waals surface area contributed by atoms with E-state index in [0.29, 0.717) is 39.8 Å². The molecule has 0 unspecified atom stereocenters. The van der Waals surface area contributed by atoms with E-state index in [-0.39, 0.29) is 44.5 Å². The quantitative estimate of drug-likeness (QED) is 0.151. The largest absolute Gasteiger partial charge is 4.00 e. The van der Waals surface area contributed by atoms with Gasteiger partial charge in [0, 0.05) is 33.0 Å². The van der Waals surface area contributed by atoms with Crippen molar-refractivity contribution in [3.63, 3.8) is 0 Å². The van der Waals surface area contributed by atoms with E-state index in [1.807, 2.05) is 18.2 Å². The van der Waals surface area contributed by atoms with E-state index < -0.39 is 25.7 Å². The first-order valence-electron chi connectivity index (χ1n) is 21.9. The van der Waals surface area contributed by atoms with E-state index in [1.54, 1.807) is 28.0 Å². The number of aromatic nitrogens is 5. The fourth-order valence-corrected chi connectivity index (χ4v) is 7.32. The van der Waals surface area contributed by atoms with Crippen LogP contribution in [0.1, 0.15) is 89.8 Å². The zero-order chi connectivity index (χ0) is 46.0. The van der Waals surface area contributed by atoms with Crippen LogP contribution in [-0.2, 0) is 27.2 Å². The van der Waals surface area contributed by atoms with Gasteiger partial charge in [-0.1, -0.05) is 90.1 Å². The predicted molar refractivity (Wildman–Crippen MR) is 227 cm³/mol. The summed E-state index contributed by atoms with van der Waals surface area (Å²) >= 11 is 0. The first kappa shape index (κ1) is 34.4. The van der Waals surface area contributed by atoms with Crippen LogP contribution in [0.5, 0.6) is 0 Å². The van der Waals surface area contributed by atoms with Crippen molar-refractivity contribution in [2.45, 2.75) is 65.5 Å². The van der Waals surface area contributed by atoms with Crippen LogP contribution in [0.3, 0.4) is 0 Å². The molecule has 0 bridgehead atoms. The van der Waals surface area contributed by atoms with Crippen LogP contribution in [-0.4, -0.2) is 33.9 Å². The van der Waals surface area contributed by atoms with Gasteiger partial charge in [-0.25, -0.2) is 19.9 Å². The zero-order valence-corrected chi connectivity index (χ0v) is 35.3. The van der Waals surface area contributed by atoms with Crippen LogP contribution in [0, 0.1) is 19.4 Å². The molecule has 2 aliphatic heterocycles. The van der Waals surface area contributed by atoms with Crippen molar-refractivity contribution in [3.05, 3.63) is 133 Å². The van der Waals surface area contributed by atoms with Crippen LogP contribution in [0.25, 0.3) is 32.9 Å². The summed E-state index contributed by atoms with van der Waals surface area (Å²) in [6, 6.07) is 22.7. The van der Waals surface area contributed by atoms with Crippen molar-refractivity contribution in [2.24, 2.45) is 0 Å². The first-order valence-corrected chi connectivity index (χ1v) is 18.9. The second-order valence-electron chi connectivity index (χ2n) is 15.2. The predicted octanol–water partition coefficient (Wildman–Crippen LogP) is 11.5. The molecular weight excluding hydrogens is 931 g/mol. The molecule has 0 aliphatic carbocycles. The minimum absolute atomic E-state index is 0. The van der Waals surface area contributed by atoms with Crippen LogP contribution in [0.2, 0.25) is 0 Å². The van der Waals surface area contributed by atoms with Gasteiger partial charge in [0.15, 0.2) is 0 Å². The van der Waals surface area contributed by atoms with Crippen LogP contribution >= 0.6 is 0 Å². The number of fused-ring (bicyclic) bond motifs is 5. The summed E-state index contributed by atoms with van der Waals surface area (Å²) in [4.78, 5) is 27.5. The van der Waals surface area contributed by atoms with Gasteiger partial charge >= 0.3 is 27.2 Å². The van der Waals surface area contributed by atoms with Crippen molar-refractivity contribution in [2.75, 3.05) is 33.6 Å². The molecular formula is C46H44F3N9Pt. The number of benzene rings is 4. The van der Waals surface area contributed by atoms with Crippen molar-refractivity contribution in [3.8, 4) is 11.1 Å². The average molecular weight is 981 g/mol. The number of hydrogen-bond donors (Lipinski definition) is 0. The van der Waals surface area contributed by atoms with Gasteiger partial charge in [-0.05, 0) is 70.8 Å². The number of alkyl halides is 3. The molecule has 9 rings (SSSR count). The second-order valence-corrected chi connectivity index (χ2v) is 15.2. The summed E-state index contributed by atoms with van der Waals surface area (Å²) in [6.45, 7) is 11.0. The Hall–Kier alpha value is -5.48. The standard InChI is InChI=1S/C33H37N8.C13H7F3N.Pt/c1-20(2)23-15-27(21(3)4)29(28(16-23)22(5)6)24-13-25(40-18-38(7)30-32(40)36-11-9-34-30)17-26(14-24)41-19-39(8)31-33(41)37-12-10-35-31;14-13(15,16)8-5-6-12-10(7-8)9-3-1-2-4-11(9)17-12;/h9-16,18-22H,1-8H3;1-7H;/q-3;-1;+4/i7D3,8D3;;. The number of hydrogen-bond acceptors (Lipinski definition) is 8. The Balaban J connectivity index is 0.000000292. The van der Waals surface area contributed by atoms with Crippen LogP contribution < -0.4 is 24.6 Å². The fraction of sp³-hybridized carbons (Fsp3) is 0.261. The Bertz CT molecular complexity index is 2740. The van der Waals surface area contributed by atoms with E-state index in [9.17, 15) is 13.2 Å². The Morgan fingerprint density at radius 3 is 1.64 bits per heavy atom. The van der Waals surface area contributed by atoms with Crippen molar-refractivity contribution < 1.29 is 42.5 Å². The third kappa shape index (κ3) is 7.87. The van der Waals surface area contributed by atoms with E-state index in [1.165, 1.54) is 60.9 Å². The van der Waals surface area contributed by atoms with Gasteiger partial charge < -0.3 is 24.6 Å². The molecule has 304 valence electrons. The molecule has 2 aliphatic rings. The smallest absolute Gasteiger partial charge is 0.657 e. The Morgan fingerprint density at radius 1 is 0.644 bits per heavy atom. The summed E-state index contributed by atoms with van der Waals surface area (Å²) in [6.07, 6.45) is 1.63. The second kappa shape index (κ2) is 16.3. The number of halogens is 3. The van der Waals surface area contributed by atoms with Crippen LogP contribution in [0.15, 0.2) is 91.5 Å². The van der Waals surface area contributed by atoms with Gasteiger partial charge in [-0.2, -0.15) is 13.2 Å². The van der Waals surface area contributed by atoms with E-state index in [0.717, 1.165) is 44.0 Å². The van der Waals surface area contributed by atoms with Gasteiger partial charge in [0.2, 0.25) is 0 Å². The maximum atomic E-state index is 12.6. The summed E-state index contributed by atoms with van der Waals surface area (Å²) in [5.41, 5.74) is 7.19. The number of anilines is 6. The van der Waals surface area contributed by atoms with E-state index in [2.05, 4.69) is 84.7 Å². The van der Waals surface area contributed by atoms with Gasteiger partial charge in [-0.3, -0.25) is 0 Å². The minimum atomic E-state index is -4.31. The monoisotopic (exact) mass is 980 g/mol. The summed E-state index contributed by atoms with van der Waals surface area (Å²) in [5, 5.41) is 1.31. The molecule has 0 saturated carbocycles. The normalized spacial score (nSPS) is 15.7. The van der Waals surface area contributed by atoms with Gasteiger partial charge in [-0.15, -0.1) is 59.5 Å². The summed E-state index contributed by atoms with van der Waals surface area (Å²) in [5.74, 6) is 1.75. The molecule has 0 N–H and O–H groups in total. The molecule has 5 heterocycles. The molecule has 0 fully saturated rings. The van der Waals surface area contributed by atoms with Gasteiger partial charge in [0.25, 0.3) is 0 Å². The van der Waals surface area contributed by atoms with E-state index >= 15 is 0 Å². The maximum absolute atomic E-state index is 12.6. The molecule has 59 heavy (non-hydrogen) atoms. The van der Waals surface area contributed by atoms with Gasteiger partial charge in [0.1, 0.15) is 23.3 Å². The molecule has 4 aromatic carbocycles. The fourth-order valence-electron chi connectivity index (χ4n) is 7.32.